The van der Waals surface area contributed by atoms with Crippen LogP contribution in [-0.4, -0.2) is 33.6 Å². The Labute approximate surface area is 107 Å². The van der Waals surface area contributed by atoms with Crippen molar-refractivity contribution in [2.45, 2.75) is 13.3 Å². The highest BCUT2D eigenvalue weighted by Gasteiger charge is 2.07. The molecule has 0 bridgehead atoms. The molecule has 1 aromatic carbocycles. The minimum absolute atomic E-state index is 0.113. The fourth-order valence-corrected chi connectivity index (χ4v) is 2.30. The smallest absolute Gasteiger partial charge is 0.150 e. The van der Waals surface area contributed by atoms with Crippen LogP contribution in [0.25, 0.3) is 0 Å². The van der Waals surface area contributed by atoms with Crippen molar-refractivity contribution in [2.24, 2.45) is 0 Å². The van der Waals surface area contributed by atoms with Crippen molar-refractivity contribution < 1.29 is 17.5 Å². The van der Waals surface area contributed by atoms with Gasteiger partial charge in [0.15, 0.2) is 0 Å². The van der Waals surface area contributed by atoms with Gasteiger partial charge in [0.2, 0.25) is 0 Å². The Morgan fingerprint density at radius 1 is 1.39 bits per heavy atom. The molecular formula is C12H18FNO3S. The number of sulfone groups is 1. The molecule has 1 N–H and O–H groups in total. The number of anilines is 1. The molecule has 0 spiro atoms. The Hall–Kier alpha value is -1.30. The van der Waals surface area contributed by atoms with Crippen molar-refractivity contribution in [3.8, 4) is 5.75 Å². The number of nitrogens with one attached hydrogen (secondary N) is 1. The Kier molecular flexibility index (Phi) is 5.40. The molecule has 0 atom stereocenters. The summed E-state index contributed by atoms with van der Waals surface area (Å²) >= 11 is 0. The molecule has 0 amide bonds. The van der Waals surface area contributed by atoms with Crippen LogP contribution in [0.15, 0.2) is 18.2 Å². The van der Waals surface area contributed by atoms with Crippen LogP contribution in [-0.2, 0) is 9.84 Å². The largest absolute Gasteiger partial charge is 0.497 e. The third-order valence-electron chi connectivity index (χ3n) is 2.56. The highest BCUT2D eigenvalue weighted by atomic mass is 32.2. The summed E-state index contributed by atoms with van der Waals surface area (Å²) in [5.74, 6) is 0.428. The molecular weight excluding hydrogens is 257 g/mol. The second-order valence-corrected chi connectivity index (χ2v) is 6.34. The Morgan fingerprint density at radius 3 is 2.72 bits per heavy atom. The minimum atomic E-state index is -2.96. The van der Waals surface area contributed by atoms with Gasteiger partial charge in [-0.1, -0.05) is 6.92 Å². The Balaban J connectivity index is 2.49. The van der Waals surface area contributed by atoms with E-state index in [2.05, 4.69) is 5.32 Å². The zero-order chi connectivity index (χ0) is 13.6. The monoisotopic (exact) mass is 275 g/mol. The number of ether oxygens (including phenoxy) is 1. The molecule has 0 heterocycles. The number of rotatable bonds is 7. The Bertz CT molecular complexity index is 488. The lowest BCUT2D eigenvalue weighted by atomic mass is 10.3. The first-order valence-corrected chi connectivity index (χ1v) is 7.58. The van der Waals surface area contributed by atoms with E-state index in [-0.39, 0.29) is 17.3 Å². The molecule has 0 saturated carbocycles. The van der Waals surface area contributed by atoms with E-state index in [0.29, 0.717) is 24.4 Å². The Morgan fingerprint density at radius 2 is 2.11 bits per heavy atom. The lowest BCUT2D eigenvalue weighted by Crippen LogP contribution is -2.13. The summed E-state index contributed by atoms with van der Waals surface area (Å²) < 4.78 is 40.9. The number of halogens is 1. The molecule has 0 aliphatic heterocycles. The molecule has 102 valence electrons. The topological polar surface area (TPSA) is 55.4 Å². The third-order valence-corrected chi connectivity index (χ3v) is 4.35. The summed E-state index contributed by atoms with van der Waals surface area (Å²) in [6.45, 7) is 2.02. The molecule has 0 unspecified atom stereocenters. The number of hydrogen-bond acceptors (Lipinski definition) is 4. The van der Waals surface area contributed by atoms with Gasteiger partial charge in [0.25, 0.3) is 0 Å². The van der Waals surface area contributed by atoms with Crippen LogP contribution in [0.3, 0.4) is 0 Å². The van der Waals surface area contributed by atoms with Crippen molar-refractivity contribution in [3.63, 3.8) is 0 Å². The molecule has 1 aromatic rings. The van der Waals surface area contributed by atoms with Crippen molar-refractivity contribution in [2.75, 3.05) is 30.5 Å². The van der Waals surface area contributed by atoms with Crippen LogP contribution in [0.5, 0.6) is 5.75 Å². The molecule has 0 aromatic heterocycles. The van der Waals surface area contributed by atoms with Crippen LogP contribution >= 0.6 is 0 Å². The standard InChI is InChI=1S/C12H18FNO3S/c1-3-18(15,16)8-4-7-14-12-9-10(17-2)5-6-11(12)13/h5-6,9,14H,3-4,7-8H2,1-2H3. The highest BCUT2D eigenvalue weighted by Crippen LogP contribution is 2.20. The second-order valence-electron chi connectivity index (χ2n) is 3.86. The van der Waals surface area contributed by atoms with Gasteiger partial charge >= 0.3 is 0 Å². The van der Waals surface area contributed by atoms with Crippen molar-refractivity contribution in [1.82, 2.24) is 0 Å². The highest BCUT2D eigenvalue weighted by molar-refractivity contribution is 7.91. The summed E-state index contributed by atoms with van der Waals surface area (Å²) in [6.07, 6.45) is 0.451. The van der Waals surface area contributed by atoms with E-state index < -0.39 is 9.84 Å². The second kappa shape index (κ2) is 6.58. The predicted molar refractivity (Wildman–Crippen MR) is 70.4 cm³/mol. The molecule has 4 nitrogen and oxygen atoms in total. The van der Waals surface area contributed by atoms with Gasteiger partial charge in [-0.3, -0.25) is 0 Å². The van der Waals surface area contributed by atoms with Gasteiger partial charge in [0, 0.05) is 18.4 Å². The van der Waals surface area contributed by atoms with E-state index >= 15 is 0 Å². The maximum atomic E-state index is 13.4. The lowest BCUT2D eigenvalue weighted by molar-refractivity contribution is 0.414. The van der Waals surface area contributed by atoms with E-state index in [0.717, 1.165) is 0 Å². The molecule has 0 aliphatic rings. The molecule has 0 saturated heterocycles. The number of benzene rings is 1. The van der Waals surface area contributed by atoms with Gasteiger partial charge in [0.05, 0.1) is 18.6 Å². The SMILES string of the molecule is CCS(=O)(=O)CCCNc1cc(OC)ccc1F. The summed E-state index contributed by atoms with van der Waals surface area (Å²) in [4.78, 5) is 0. The first kappa shape index (κ1) is 14.8. The average Bonchev–Trinajstić information content (AvgIpc) is 2.36. The van der Waals surface area contributed by atoms with Gasteiger partial charge in [0.1, 0.15) is 21.4 Å². The van der Waals surface area contributed by atoms with Crippen molar-refractivity contribution in [3.05, 3.63) is 24.0 Å². The minimum Gasteiger partial charge on any atom is -0.497 e. The molecule has 18 heavy (non-hydrogen) atoms. The zero-order valence-electron chi connectivity index (χ0n) is 10.6. The van der Waals surface area contributed by atoms with E-state index in [1.165, 1.54) is 19.2 Å². The number of methoxy groups -OCH3 is 1. The van der Waals surface area contributed by atoms with Crippen LogP contribution in [0.2, 0.25) is 0 Å². The quantitative estimate of drug-likeness (QED) is 0.774. The zero-order valence-corrected chi connectivity index (χ0v) is 11.4. The van der Waals surface area contributed by atoms with Gasteiger partial charge in [-0.25, -0.2) is 12.8 Å². The fourth-order valence-electron chi connectivity index (χ4n) is 1.43. The molecule has 6 heteroatoms. The number of hydrogen-bond donors (Lipinski definition) is 1. The van der Waals surface area contributed by atoms with E-state index in [4.69, 9.17) is 4.74 Å². The van der Waals surface area contributed by atoms with Crippen LogP contribution in [0.1, 0.15) is 13.3 Å². The summed E-state index contributed by atoms with van der Waals surface area (Å²) in [7, 11) is -1.45. The maximum Gasteiger partial charge on any atom is 0.150 e. The van der Waals surface area contributed by atoms with Gasteiger partial charge in [-0.15, -0.1) is 0 Å². The van der Waals surface area contributed by atoms with Crippen molar-refractivity contribution in [1.29, 1.82) is 0 Å². The first-order chi connectivity index (χ1) is 8.48. The lowest BCUT2D eigenvalue weighted by Gasteiger charge is -2.09. The summed E-state index contributed by atoms with van der Waals surface area (Å²) in [6, 6.07) is 4.38. The molecule has 1 rings (SSSR count). The van der Waals surface area contributed by atoms with Crippen molar-refractivity contribution >= 4 is 15.5 Å². The van der Waals surface area contributed by atoms with Gasteiger partial charge in [-0.2, -0.15) is 0 Å². The van der Waals surface area contributed by atoms with Gasteiger partial charge < -0.3 is 10.1 Å². The normalized spacial score (nSPS) is 11.3. The fraction of sp³-hybridized carbons (Fsp3) is 0.500. The molecule has 0 fully saturated rings. The van der Waals surface area contributed by atoms with Crippen LogP contribution < -0.4 is 10.1 Å². The van der Waals surface area contributed by atoms with Crippen LogP contribution in [0, 0.1) is 5.82 Å². The van der Waals surface area contributed by atoms with E-state index in [1.54, 1.807) is 13.0 Å². The van der Waals surface area contributed by atoms with E-state index in [1.807, 2.05) is 0 Å². The van der Waals surface area contributed by atoms with Gasteiger partial charge in [-0.05, 0) is 18.6 Å². The third kappa shape index (κ3) is 4.52. The average molecular weight is 275 g/mol. The first-order valence-electron chi connectivity index (χ1n) is 5.76. The summed E-state index contributed by atoms with van der Waals surface area (Å²) in [5, 5.41) is 2.86. The maximum absolute atomic E-state index is 13.4. The molecule has 0 radical (unpaired) electrons. The van der Waals surface area contributed by atoms with E-state index in [9.17, 15) is 12.8 Å². The van der Waals surface area contributed by atoms with Crippen LogP contribution in [0.4, 0.5) is 10.1 Å². The molecule has 0 aliphatic carbocycles. The predicted octanol–water partition coefficient (Wildman–Crippen LogP) is 2.07. The summed E-state index contributed by atoms with van der Waals surface area (Å²) in [5.41, 5.74) is 0.322.